The molecule has 0 spiro atoms. The molecule has 156 valence electrons. The Morgan fingerprint density at radius 2 is 2.03 bits per heavy atom. The van der Waals surface area contributed by atoms with Gasteiger partial charge in [-0.15, -0.1) is 0 Å². The Labute approximate surface area is 172 Å². The van der Waals surface area contributed by atoms with E-state index in [-0.39, 0.29) is 23.5 Å². The number of carbonyl (C=O) groups excluding carboxylic acids is 1. The zero-order valence-corrected chi connectivity index (χ0v) is 18.1. The van der Waals surface area contributed by atoms with Gasteiger partial charge in [-0.25, -0.2) is 8.42 Å². The van der Waals surface area contributed by atoms with E-state index < -0.39 is 9.84 Å². The second kappa shape index (κ2) is 7.57. The summed E-state index contributed by atoms with van der Waals surface area (Å²) in [6.07, 6.45) is 1.52. The van der Waals surface area contributed by atoms with Crippen molar-refractivity contribution in [3.63, 3.8) is 0 Å². The fourth-order valence-electron chi connectivity index (χ4n) is 4.49. The van der Waals surface area contributed by atoms with Gasteiger partial charge in [-0.1, -0.05) is 18.2 Å². The molecule has 1 saturated heterocycles. The minimum atomic E-state index is -2.96. The molecule has 2 aliphatic rings. The van der Waals surface area contributed by atoms with Gasteiger partial charge >= 0.3 is 0 Å². The summed E-state index contributed by atoms with van der Waals surface area (Å²) in [5.74, 6) is 0.496. The molecule has 0 N–H and O–H groups in total. The van der Waals surface area contributed by atoms with E-state index in [0.717, 1.165) is 35.6 Å². The summed E-state index contributed by atoms with van der Waals surface area (Å²) >= 11 is 0. The van der Waals surface area contributed by atoms with Gasteiger partial charge < -0.3 is 4.90 Å². The number of aromatic nitrogens is 2. The normalized spacial score (nSPS) is 20.4. The summed E-state index contributed by atoms with van der Waals surface area (Å²) in [6.45, 7) is 5.62. The van der Waals surface area contributed by atoms with E-state index >= 15 is 0 Å². The van der Waals surface area contributed by atoms with Gasteiger partial charge in [0, 0.05) is 30.0 Å². The second-order valence-corrected chi connectivity index (χ2v) is 10.5. The number of amides is 1. The Balaban J connectivity index is 1.44. The monoisotopic (exact) mass is 416 g/mol. The minimum Gasteiger partial charge on any atom is -0.311 e. The van der Waals surface area contributed by atoms with Crippen LogP contribution in [-0.4, -0.2) is 60.6 Å². The van der Waals surface area contributed by atoms with Gasteiger partial charge in [-0.3, -0.25) is 14.4 Å². The number of rotatable bonds is 5. The fourth-order valence-corrected chi connectivity index (χ4v) is 6.18. The van der Waals surface area contributed by atoms with Crippen LogP contribution in [0.4, 0.5) is 5.69 Å². The second-order valence-electron chi connectivity index (χ2n) is 8.25. The van der Waals surface area contributed by atoms with E-state index in [1.807, 2.05) is 53.6 Å². The average molecular weight is 417 g/mol. The van der Waals surface area contributed by atoms with Crippen molar-refractivity contribution < 1.29 is 13.2 Å². The van der Waals surface area contributed by atoms with E-state index in [9.17, 15) is 13.2 Å². The molecule has 8 heteroatoms. The van der Waals surface area contributed by atoms with Gasteiger partial charge in [0.15, 0.2) is 9.84 Å². The number of para-hydroxylation sites is 1. The molecule has 1 aromatic carbocycles. The third-order valence-electron chi connectivity index (χ3n) is 6.05. The Kier molecular flexibility index (Phi) is 5.25. The zero-order chi connectivity index (χ0) is 20.8. The molecule has 0 aliphatic carbocycles. The number of hydrogen-bond donors (Lipinski definition) is 0. The van der Waals surface area contributed by atoms with Gasteiger partial charge in [0.1, 0.15) is 0 Å². The van der Waals surface area contributed by atoms with E-state index in [1.165, 1.54) is 5.56 Å². The van der Waals surface area contributed by atoms with Crippen LogP contribution in [0.25, 0.3) is 0 Å². The number of anilines is 1. The van der Waals surface area contributed by atoms with Crippen LogP contribution in [-0.2, 0) is 27.6 Å². The average Bonchev–Trinajstić information content (AvgIpc) is 3.33. The highest BCUT2D eigenvalue weighted by Gasteiger charge is 2.32. The number of hydrogen-bond acceptors (Lipinski definition) is 5. The highest BCUT2D eigenvalue weighted by molar-refractivity contribution is 7.91. The lowest BCUT2D eigenvalue weighted by molar-refractivity contribution is -0.119. The molecule has 1 aromatic heterocycles. The van der Waals surface area contributed by atoms with Crippen LogP contribution in [0.1, 0.15) is 35.0 Å². The van der Waals surface area contributed by atoms with Crippen molar-refractivity contribution >= 4 is 21.4 Å². The van der Waals surface area contributed by atoms with Gasteiger partial charge in [0.2, 0.25) is 5.91 Å². The molecule has 29 heavy (non-hydrogen) atoms. The lowest BCUT2D eigenvalue weighted by Gasteiger charge is -2.22. The van der Waals surface area contributed by atoms with Crippen molar-refractivity contribution in [3.05, 3.63) is 46.8 Å². The Bertz CT molecular complexity index is 1040. The molecule has 0 unspecified atom stereocenters. The summed E-state index contributed by atoms with van der Waals surface area (Å²) in [7, 11) is -1.02. The van der Waals surface area contributed by atoms with Crippen molar-refractivity contribution in [2.24, 2.45) is 0 Å². The van der Waals surface area contributed by atoms with Gasteiger partial charge in [-0.2, -0.15) is 5.10 Å². The molecule has 1 atom stereocenters. The first-order chi connectivity index (χ1) is 13.7. The third-order valence-corrected chi connectivity index (χ3v) is 7.80. The van der Waals surface area contributed by atoms with Gasteiger partial charge in [0.05, 0.1) is 29.8 Å². The Morgan fingerprint density at radius 3 is 2.76 bits per heavy atom. The molecule has 4 rings (SSSR count). The topological polar surface area (TPSA) is 75.5 Å². The molecule has 2 aliphatic heterocycles. The predicted octanol–water partition coefficient (Wildman–Crippen LogP) is 1.88. The van der Waals surface area contributed by atoms with Crippen molar-refractivity contribution in [1.29, 1.82) is 0 Å². The van der Waals surface area contributed by atoms with E-state index in [1.54, 1.807) is 0 Å². The van der Waals surface area contributed by atoms with Crippen LogP contribution in [0.5, 0.6) is 0 Å². The summed E-state index contributed by atoms with van der Waals surface area (Å²) in [6, 6.07) is 7.99. The smallest absolute Gasteiger partial charge is 0.241 e. The minimum absolute atomic E-state index is 0.0829. The first-order valence-corrected chi connectivity index (χ1v) is 11.9. The van der Waals surface area contributed by atoms with Crippen LogP contribution in [0.3, 0.4) is 0 Å². The standard InChI is InChI=1S/C21H28N4O3S/c1-15-19(16(2)25(22-15)18-9-11-29(27,28)14-18)12-23(3)13-21(26)24-10-8-17-6-4-5-7-20(17)24/h4-7,18H,8-14H2,1-3H3/t18-/m0/s1. The van der Waals surface area contributed by atoms with Crippen LogP contribution in [0.2, 0.25) is 0 Å². The van der Waals surface area contributed by atoms with Gasteiger partial charge in [0.25, 0.3) is 0 Å². The lowest BCUT2D eigenvalue weighted by atomic mass is 10.1. The van der Waals surface area contributed by atoms with Gasteiger partial charge in [-0.05, 0) is 45.4 Å². The van der Waals surface area contributed by atoms with E-state index in [0.29, 0.717) is 19.5 Å². The number of likely N-dealkylation sites (N-methyl/N-ethyl adjacent to an activating group) is 1. The summed E-state index contributed by atoms with van der Waals surface area (Å²) in [4.78, 5) is 16.7. The SMILES string of the molecule is Cc1nn([C@H]2CCS(=O)(=O)C2)c(C)c1CN(C)CC(=O)N1CCc2ccccc21. The summed E-state index contributed by atoms with van der Waals surface area (Å²) < 4.78 is 25.6. The van der Waals surface area contributed by atoms with Crippen LogP contribution in [0, 0.1) is 13.8 Å². The Hall–Kier alpha value is -2.19. The number of fused-ring (bicyclic) bond motifs is 1. The fraction of sp³-hybridized carbons (Fsp3) is 0.524. The highest BCUT2D eigenvalue weighted by atomic mass is 32.2. The van der Waals surface area contributed by atoms with Crippen LogP contribution >= 0.6 is 0 Å². The van der Waals surface area contributed by atoms with Crippen molar-refractivity contribution in [2.75, 3.05) is 36.5 Å². The largest absolute Gasteiger partial charge is 0.311 e. The maximum Gasteiger partial charge on any atom is 0.241 e. The highest BCUT2D eigenvalue weighted by Crippen LogP contribution is 2.29. The molecular weight excluding hydrogens is 388 g/mol. The maximum atomic E-state index is 12.9. The molecule has 1 amide bonds. The summed E-state index contributed by atoms with van der Waals surface area (Å²) in [5, 5.41) is 4.63. The Morgan fingerprint density at radius 1 is 1.28 bits per heavy atom. The third kappa shape index (κ3) is 3.96. The predicted molar refractivity (Wildman–Crippen MR) is 113 cm³/mol. The van der Waals surface area contributed by atoms with Crippen LogP contribution in [0.15, 0.2) is 24.3 Å². The molecule has 0 saturated carbocycles. The van der Waals surface area contributed by atoms with E-state index in [2.05, 4.69) is 11.2 Å². The number of nitrogens with zero attached hydrogens (tertiary/aromatic N) is 4. The van der Waals surface area contributed by atoms with Crippen molar-refractivity contribution in [3.8, 4) is 0 Å². The molecule has 0 bridgehead atoms. The molecule has 7 nitrogen and oxygen atoms in total. The van der Waals surface area contributed by atoms with Crippen molar-refractivity contribution in [1.82, 2.24) is 14.7 Å². The van der Waals surface area contributed by atoms with Crippen molar-refractivity contribution in [2.45, 2.75) is 39.3 Å². The number of aryl methyl sites for hydroxylation is 1. The van der Waals surface area contributed by atoms with Crippen LogP contribution < -0.4 is 4.90 Å². The molecule has 1 fully saturated rings. The number of carbonyl (C=O) groups is 1. The maximum absolute atomic E-state index is 12.9. The molecular formula is C21H28N4O3S. The van der Waals surface area contributed by atoms with E-state index in [4.69, 9.17) is 0 Å². The first-order valence-electron chi connectivity index (χ1n) is 10.1. The quantitative estimate of drug-likeness (QED) is 0.744. The first kappa shape index (κ1) is 20.1. The number of benzene rings is 1. The lowest BCUT2D eigenvalue weighted by Crippen LogP contribution is -2.38. The molecule has 0 radical (unpaired) electrons. The summed E-state index contributed by atoms with van der Waals surface area (Å²) in [5.41, 5.74) is 5.22. The zero-order valence-electron chi connectivity index (χ0n) is 17.3. The molecule has 2 aromatic rings. The molecule has 3 heterocycles. The number of sulfone groups is 1.